The first kappa shape index (κ1) is 9.90. The van der Waals surface area contributed by atoms with E-state index in [0.29, 0.717) is 0 Å². The van der Waals surface area contributed by atoms with Crippen LogP contribution in [0.3, 0.4) is 0 Å². The van der Waals surface area contributed by atoms with Crippen molar-refractivity contribution in [3.63, 3.8) is 0 Å². The van der Waals surface area contributed by atoms with Crippen molar-refractivity contribution in [2.24, 2.45) is 0 Å². The van der Waals surface area contributed by atoms with Crippen molar-refractivity contribution in [1.82, 2.24) is 9.97 Å². The Bertz CT molecular complexity index is 182. The van der Waals surface area contributed by atoms with Gasteiger partial charge in [-0.05, 0) is 0 Å². The molecule has 6 heteroatoms. The second-order valence-electron chi connectivity index (χ2n) is 1.37. The number of aromatic hydroxyl groups is 2. The Morgan fingerprint density at radius 3 is 1.90 bits per heavy atom. The summed E-state index contributed by atoms with van der Waals surface area (Å²) in [6.45, 7) is 0. The minimum Gasteiger partial charge on any atom is -0.740 e. The molecule has 2 N–H and O–H groups in total. The summed E-state index contributed by atoms with van der Waals surface area (Å²) >= 11 is 4.44. The van der Waals surface area contributed by atoms with Gasteiger partial charge in [-0.25, -0.2) is 9.97 Å². The molecule has 0 aliphatic rings. The standard InChI is InChI=1S/C4H4N2O2S.Na/c7-2-1-3(8)6-4(9)5-2;/h1H,(H3,5,6,7,8,9);/q;+1/p-1. The van der Waals surface area contributed by atoms with Gasteiger partial charge in [0.15, 0.2) is 0 Å². The van der Waals surface area contributed by atoms with Gasteiger partial charge in [-0.1, -0.05) is 0 Å². The molecule has 1 aromatic rings. The van der Waals surface area contributed by atoms with Crippen LogP contribution >= 0.6 is 0 Å². The fraction of sp³-hybridized carbons (Fsp3) is 0. The fourth-order valence-electron chi connectivity index (χ4n) is 0.401. The summed E-state index contributed by atoms with van der Waals surface area (Å²) in [5.74, 6) is -0.625. The van der Waals surface area contributed by atoms with Crippen LogP contribution in [0.5, 0.6) is 11.8 Å². The Morgan fingerprint density at radius 2 is 1.60 bits per heavy atom. The van der Waals surface area contributed by atoms with E-state index in [0.717, 1.165) is 6.07 Å². The summed E-state index contributed by atoms with van der Waals surface area (Å²) in [7, 11) is 0. The first-order valence-corrected chi connectivity index (χ1v) is 2.53. The summed E-state index contributed by atoms with van der Waals surface area (Å²) in [5.41, 5.74) is 0. The van der Waals surface area contributed by atoms with Gasteiger partial charge in [-0.3, -0.25) is 0 Å². The second kappa shape index (κ2) is 3.92. The molecule has 0 aromatic carbocycles. The smallest absolute Gasteiger partial charge is 0.740 e. The van der Waals surface area contributed by atoms with Crippen LogP contribution in [-0.2, 0) is 12.6 Å². The van der Waals surface area contributed by atoms with Gasteiger partial charge in [0, 0.05) is 5.16 Å². The minimum atomic E-state index is -0.312. The average Bonchev–Trinajstić information content (AvgIpc) is 1.59. The molecule has 0 saturated heterocycles. The van der Waals surface area contributed by atoms with Crippen LogP contribution in [0.25, 0.3) is 0 Å². The number of rotatable bonds is 0. The number of aromatic nitrogens is 2. The van der Waals surface area contributed by atoms with Crippen LogP contribution in [0.2, 0.25) is 0 Å². The van der Waals surface area contributed by atoms with Crippen LogP contribution in [0.4, 0.5) is 0 Å². The molecule has 0 amide bonds. The van der Waals surface area contributed by atoms with E-state index in [9.17, 15) is 0 Å². The summed E-state index contributed by atoms with van der Waals surface area (Å²) < 4.78 is 0. The van der Waals surface area contributed by atoms with Gasteiger partial charge in [0.05, 0.1) is 6.07 Å². The Labute approximate surface area is 85.0 Å². The molecule has 4 nitrogen and oxygen atoms in total. The maximum absolute atomic E-state index is 8.62. The Kier molecular flexibility index (Phi) is 3.88. The predicted molar refractivity (Wildman–Crippen MR) is 31.0 cm³/mol. The largest absolute Gasteiger partial charge is 1.00 e. The maximum atomic E-state index is 8.62. The summed E-state index contributed by atoms with van der Waals surface area (Å²) in [5, 5.41) is 17.2. The fourth-order valence-corrected chi connectivity index (χ4v) is 0.588. The molecular formula is C4H3N2NaO2S. The average molecular weight is 166 g/mol. The molecule has 0 aliphatic heterocycles. The quantitative estimate of drug-likeness (QED) is 0.241. The zero-order chi connectivity index (χ0) is 6.85. The summed E-state index contributed by atoms with van der Waals surface area (Å²) in [4.78, 5) is 6.67. The van der Waals surface area contributed by atoms with Gasteiger partial charge in [0.25, 0.3) is 0 Å². The molecule has 1 aromatic heterocycles. The molecule has 0 fully saturated rings. The second-order valence-corrected chi connectivity index (χ2v) is 1.73. The van der Waals surface area contributed by atoms with Gasteiger partial charge < -0.3 is 22.8 Å². The minimum absolute atomic E-state index is 0. The van der Waals surface area contributed by atoms with Gasteiger partial charge >= 0.3 is 29.6 Å². The van der Waals surface area contributed by atoms with Crippen molar-refractivity contribution < 1.29 is 39.8 Å². The zero-order valence-electron chi connectivity index (χ0n) is 5.27. The number of nitrogens with zero attached hydrogens (tertiary/aromatic N) is 2. The van der Waals surface area contributed by atoms with Gasteiger partial charge in [-0.2, -0.15) is 0 Å². The summed E-state index contributed by atoms with van der Waals surface area (Å²) in [6.07, 6.45) is 0. The molecule has 0 bridgehead atoms. The first-order valence-electron chi connectivity index (χ1n) is 2.12. The molecule has 48 valence electrons. The third-order valence-corrected chi connectivity index (χ3v) is 0.861. The van der Waals surface area contributed by atoms with Crippen molar-refractivity contribution in [2.45, 2.75) is 5.16 Å². The molecule has 0 aliphatic carbocycles. The number of hydrogen-bond acceptors (Lipinski definition) is 5. The van der Waals surface area contributed by atoms with E-state index in [1.165, 1.54) is 0 Å². The van der Waals surface area contributed by atoms with Crippen molar-refractivity contribution >= 4 is 12.6 Å². The molecule has 0 spiro atoms. The van der Waals surface area contributed by atoms with Crippen molar-refractivity contribution in [2.75, 3.05) is 0 Å². The number of hydrogen-bond donors (Lipinski definition) is 2. The van der Waals surface area contributed by atoms with E-state index in [2.05, 4.69) is 22.6 Å². The molecule has 1 heterocycles. The SMILES string of the molecule is Oc1cc(O)nc([S-])n1.[Na+]. The third kappa shape index (κ3) is 2.66. The van der Waals surface area contributed by atoms with Gasteiger partial charge in [0.1, 0.15) is 0 Å². The van der Waals surface area contributed by atoms with Gasteiger partial charge in [-0.15, -0.1) is 0 Å². The Balaban J connectivity index is 0.000000810. The molecule has 0 saturated carbocycles. The topological polar surface area (TPSA) is 66.2 Å². The molecular weight excluding hydrogens is 163 g/mol. The predicted octanol–water partition coefficient (Wildman–Crippen LogP) is -3.20. The van der Waals surface area contributed by atoms with E-state index in [4.69, 9.17) is 10.2 Å². The van der Waals surface area contributed by atoms with Crippen LogP contribution in [0.1, 0.15) is 0 Å². The molecule has 0 unspecified atom stereocenters. The third-order valence-electron chi connectivity index (χ3n) is 0.679. The van der Waals surface area contributed by atoms with Crippen molar-refractivity contribution in [3.8, 4) is 11.8 Å². The Morgan fingerprint density at radius 1 is 1.20 bits per heavy atom. The molecule has 10 heavy (non-hydrogen) atoms. The van der Waals surface area contributed by atoms with E-state index in [1.54, 1.807) is 0 Å². The van der Waals surface area contributed by atoms with E-state index < -0.39 is 0 Å². The van der Waals surface area contributed by atoms with Gasteiger partial charge in [0.2, 0.25) is 11.8 Å². The van der Waals surface area contributed by atoms with Crippen LogP contribution in [0.15, 0.2) is 11.2 Å². The van der Waals surface area contributed by atoms with Crippen LogP contribution in [-0.4, -0.2) is 20.2 Å². The molecule has 1 rings (SSSR count). The zero-order valence-corrected chi connectivity index (χ0v) is 8.09. The van der Waals surface area contributed by atoms with Crippen molar-refractivity contribution in [1.29, 1.82) is 0 Å². The first-order chi connectivity index (χ1) is 4.18. The van der Waals surface area contributed by atoms with E-state index in [1.807, 2.05) is 0 Å². The molecule has 0 atom stereocenters. The van der Waals surface area contributed by atoms with Crippen molar-refractivity contribution in [3.05, 3.63) is 6.07 Å². The summed E-state index contributed by atoms with van der Waals surface area (Å²) in [6, 6.07) is 1.01. The Hall–Kier alpha value is -0.100. The van der Waals surface area contributed by atoms with Crippen LogP contribution in [0, 0.1) is 0 Å². The van der Waals surface area contributed by atoms with E-state index in [-0.39, 0.29) is 46.5 Å². The van der Waals surface area contributed by atoms with E-state index >= 15 is 0 Å². The monoisotopic (exact) mass is 166 g/mol. The molecule has 0 radical (unpaired) electrons. The van der Waals surface area contributed by atoms with Crippen LogP contribution < -0.4 is 29.6 Å². The maximum Gasteiger partial charge on any atom is 1.00 e. The normalized spacial score (nSPS) is 8.40.